The van der Waals surface area contributed by atoms with Crippen molar-refractivity contribution in [1.29, 1.82) is 0 Å². The molecule has 2 aromatic carbocycles. The van der Waals surface area contributed by atoms with Crippen LogP contribution in [0.15, 0.2) is 65.6 Å². The Balaban J connectivity index is 1.67. The van der Waals surface area contributed by atoms with Gasteiger partial charge in [0.05, 0.1) is 13.7 Å². The SMILES string of the molecule is COCCn1cccc(N2C[C@@H](c3ccc(OC)cc3F)[C@H](NC(=O)c3ccc(OC(F)(F)F)cc3)C2=O)c1=O. The minimum absolute atomic E-state index is 0.0351. The van der Waals surface area contributed by atoms with E-state index in [9.17, 15) is 27.6 Å². The Morgan fingerprint density at radius 1 is 1.05 bits per heavy atom. The first kappa shape index (κ1) is 28.6. The summed E-state index contributed by atoms with van der Waals surface area (Å²) in [4.78, 5) is 41.0. The number of anilines is 1. The molecule has 0 spiro atoms. The van der Waals surface area contributed by atoms with Crippen LogP contribution in [0, 0.1) is 5.82 Å². The topological polar surface area (TPSA) is 99.1 Å². The molecule has 0 saturated carbocycles. The Morgan fingerprint density at radius 3 is 2.38 bits per heavy atom. The largest absolute Gasteiger partial charge is 0.573 e. The summed E-state index contributed by atoms with van der Waals surface area (Å²) in [6, 6.07) is 9.92. The molecule has 1 fully saturated rings. The molecule has 1 aliphatic rings. The molecule has 1 aromatic heterocycles. The van der Waals surface area contributed by atoms with Crippen LogP contribution in [0.25, 0.3) is 0 Å². The number of amides is 2. The zero-order chi connectivity index (χ0) is 29.0. The van der Waals surface area contributed by atoms with E-state index >= 15 is 4.39 Å². The van der Waals surface area contributed by atoms with Gasteiger partial charge in [0, 0.05) is 43.9 Å². The zero-order valence-electron chi connectivity index (χ0n) is 21.4. The fourth-order valence-electron chi connectivity index (χ4n) is 4.45. The van der Waals surface area contributed by atoms with Crippen molar-refractivity contribution in [3.05, 3.63) is 88.1 Å². The summed E-state index contributed by atoms with van der Waals surface area (Å²) in [5.41, 5.74) is -0.398. The van der Waals surface area contributed by atoms with Gasteiger partial charge in [0.2, 0.25) is 5.91 Å². The summed E-state index contributed by atoms with van der Waals surface area (Å²) in [6.45, 7) is 0.355. The molecular formula is C27H25F4N3O6. The molecule has 1 aliphatic heterocycles. The van der Waals surface area contributed by atoms with E-state index in [-0.39, 0.29) is 42.3 Å². The molecule has 40 heavy (non-hydrogen) atoms. The molecule has 2 atom stereocenters. The normalized spacial score (nSPS) is 17.1. The van der Waals surface area contributed by atoms with Gasteiger partial charge in [-0.3, -0.25) is 14.4 Å². The van der Waals surface area contributed by atoms with E-state index in [4.69, 9.17) is 9.47 Å². The number of aromatic nitrogens is 1. The summed E-state index contributed by atoms with van der Waals surface area (Å²) in [5, 5.41) is 2.57. The molecule has 3 aromatic rings. The van der Waals surface area contributed by atoms with E-state index in [1.807, 2.05) is 0 Å². The maximum absolute atomic E-state index is 15.1. The number of carbonyl (C=O) groups excluding carboxylic acids is 2. The number of halogens is 4. The molecule has 2 amide bonds. The van der Waals surface area contributed by atoms with Gasteiger partial charge < -0.3 is 29.0 Å². The second-order valence-electron chi connectivity index (χ2n) is 8.85. The lowest BCUT2D eigenvalue weighted by Gasteiger charge is -2.19. The van der Waals surface area contributed by atoms with E-state index in [0.29, 0.717) is 0 Å². The summed E-state index contributed by atoms with van der Waals surface area (Å²) < 4.78 is 67.8. The van der Waals surface area contributed by atoms with Gasteiger partial charge >= 0.3 is 6.36 Å². The minimum Gasteiger partial charge on any atom is -0.497 e. The van der Waals surface area contributed by atoms with Crippen LogP contribution >= 0.6 is 0 Å². The molecule has 9 nitrogen and oxygen atoms in total. The van der Waals surface area contributed by atoms with E-state index in [1.54, 1.807) is 6.07 Å². The number of alkyl halides is 3. The molecule has 0 radical (unpaired) electrons. The first-order valence-corrected chi connectivity index (χ1v) is 12.0. The Morgan fingerprint density at radius 2 is 1.75 bits per heavy atom. The van der Waals surface area contributed by atoms with Crippen LogP contribution in [-0.2, 0) is 16.1 Å². The van der Waals surface area contributed by atoms with Gasteiger partial charge in [-0.1, -0.05) is 6.07 Å². The van der Waals surface area contributed by atoms with Crippen LogP contribution in [-0.4, -0.2) is 56.2 Å². The number of hydrogen-bond acceptors (Lipinski definition) is 6. The van der Waals surface area contributed by atoms with Crippen LogP contribution < -0.4 is 25.2 Å². The van der Waals surface area contributed by atoms with E-state index < -0.39 is 47.3 Å². The van der Waals surface area contributed by atoms with Crippen molar-refractivity contribution in [2.24, 2.45) is 0 Å². The number of rotatable bonds is 9. The Bertz CT molecular complexity index is 1440. The Labute approximate surface area is 225 Å². The van der Waals surface area contributed by atoms with E-state index in [1.165, 1.54) is 48.1 Å². The van der Waals surface area contributed by atoms with E-state index in [0.717, 1.165) is 30.3 Å². The van der Waals surface area contributed by atoms with Crippen LogP contribution in [0.2, 0.25) is 0 Å². The smallest absolute Gasteiger partial charge is 0.497 e. The van der Waals surface area contributed by atoms with Crippen molar-refractivity contribution in [2.75, 3.05) is 32.3 Å². The summed E-state index contributed by atoms with van der Waals surface area (Å²) in [5.74, 6) is -3.33. The number of methoxy groups -OCH3 is 2. The molecule has 2 heterocycles. The quantitative estimate of drug-likeness (QED) is 0.401. The highest BCUT2D eigenvalue weighted by molar-refractivity contribution is 6.05. The molecule has 4 rings (SSSR count). The molecule has 212 valence electrons. The van der Waals surface area contributed by atoms with Gasteiger partial charge in [-0.15, -0.1) is 13.2 Å². The number of nitrogens with zero attached hydrogens (tertiary/aromatic N) is 2. The number of benzene rings is 2. The van der Waals surface area contributed by atoms with Crippen LogP contribution in [0.5, 0.6) is 11.5 Å². The number of nitrogens with one attached hydrogen (secondary N) is 1. The fourth-order valence-corrected chi connectivity index (χ4v) is 4.45. The van der Waals surface area contributed by atoms with Gasteiger partial charge in [0.25, 0.3) is 11.5 Å². The first-order valence-electron chi connectivity index (χ1n) is 12.0. The third-order valence-corrected chi connectivity index (χ3v) is 6.38. The van der Waals surface area contributed by atoms with E-state index in [2.05, 4.69) is 10.1 Å². The highest BCUT2D eigenvalue weighted by atomic mass is 19.4. The first-order chi connectivity index (χ1) is 19.0. The van der Waals surface area contributed by atoms with Gasteiger partial charge in [-0.25, -0.2) is 4.39 Å². The van der Waals surface area contributed by atoms with Gasteiger partial charge in [0.15, 0.2) is 0 Å². The van der Waals surface area contributed by atoms with Crippen LogP contribution in [0.3, 0.4) is 0 Å². The maximum atomic E-state index is 15.1. The van der Waals surface area contributed by atoms with Gasteiger partial charge in [-0.05, 0) is 48.0 Å². The molecule has 0 aliphatic carbocycles. The van der Waals surface area contributed by atoms with Gasteiger partial charge in [-0.2, -0.15) is 0 Å². The minimum atomic E-state index is -4.90. The van der Waals surface area contributed by atoms with Crippen molar-refractivity contribution in [2.45, 2.75) is 24.9 Å². The third-order valence-electron chi connectivity index (χ3n) is 6.38. The van der Waals surface area contributed by atoms with Crippen molar-refractivity contribution < 1.29 is 41.4 Å². The predicted octanol–water partition coefficient (Wildman–Crippen LogP) is 3.47. The number of ether oxygens (including phenoxy) is 3. The third kappa shape index (κ3) is 6.25. The lowest BCUT2D eigenvalue weighted by molar-refractivity contribution is -0.274. The number of pyridine rings is 1. The van der Waals surface area contributed by atoms with Crippen molar-refractivity contribution >= 4 is 17.5 Å². The maximum Gasteiger partial charge on any atom is 0.573 e. The fraction of sp³-hybridized carbons (Fsp3) is 0.296. The predicted molar refractivity (Wildman–Crippen MR) is 135 cm³/mol. The highest BCUT2D eigenvalue weighted by Gasteiger charge is 2.44. The highest BCUT2D eigenvalue weighted by Crippen LogP contribution is 2.34. The Kier molecular flexibility index (Phi) is 8.43. The number of hydrogen-bond donors (Lipinski definition) is 1. The van der Waals surface area contributed by atoms with Crippen molar-refractivity contribution in [1.82, 2.24) is 9.88 Å². The second kappa shape index (κ2) is 11.8. The molecule has 0 unspecified atom stereocenters. The molecular weight excluding hydrogens is 538 g/mol. The van der Waals surface area contributed by atoms with Crippen LogP contribution in [0.1, 0.15) is 21.8 Å². The molecule has 0 bridgehead atoms. The monoisotopic (exact) mass is 563 g/mol. The zero-order valence-corrected chi connectivity index (χ0v) is 21.4. The molecule has 1 N–H and O–H groups in total. The molecule has 1 saturated heterocycles. The lowest BCUT2D eigenvalue weighted by atomic mass is 9.93. The van der Waals surface area contributed by atoms with Crippen molar-refractivity contribution in [3.63, 3.8) is 0 Å². The summed E-state index contributed by atoms with van der Waals surface area (Å²) >= 11 is 0. The standard InChI is InChI=1S/C27H25F4N3O6/c1-38-13-12-33-11-3-4-22(25(33)36)34-15-20(19-10-9-18(39-2)14-21(19)28)23(26(34)37)32-24(35)16-5-7-17(8-6-16)40-27(29,30)31/h3-11,14,20,23H,12-13,15H2,1-2H3,(H,32,35)/t20-,23-/m0/s1. The van der Waals surface area contributed by atoms with Crippen molar-refractivity contribution in [3.8, 4) is 11.5 Å². The molecule has 13 heteroatoms. The number of carbonyl (C=O) groups is 2. The van der Waals surface area contributed by atoms with Crippen LogP contribution in [0.4, 0.5) is 23.2 Å². The lowest BCUT2D eigenvalue weighted by Crippen LogP contribution is -2.44. The Hall–Kier alpha value is -4.39. The average molecular weight is 564 g/mol. The summed E-state index contributed by atoms with van der Waals surface area (Å²) in [7, 11) is 2.85. The second-order valence-corrected chi connectivity index (χ2v) is 8.85. The van der Waals surface area contributed by atoms with Gasteiger partial charge in [0.1, 0.15) is 29.0 Å². The average Bonchev–Trinajstić information content (AvgIpc) is 3.22. The summed E-state index contributed by atoms with van der Waals surface area (Å²) in [6.07, 6.45) is -3.36.